The molecule has 2 heteroatoms. The number of fused-ring (bicyclic) bond motifs is 1. The predicted molar refractivity (Wildman–Crippen MR) is 127 cm³/mol. The van der Waals surface area contributed by atoms with Crippen molar-refractivity contribution in [2.75, 3.05) is 0 Å². The molecule has 168 valence electrons. The fraction of sp³-hybridized carbons (Fsp3) is 0.714. The standard InChI is InChI=1S/C28H44O2/c1-19(2)20(3)15-17-28(6,30)26-14-13-25-22(8-7-16-27(25,26)5)10-11-23-18-24(29)12-9-21(23)4/h8,10-11,15,17,19-20,24-26,29-30H,7,9,12-14,16,18H2,1-6H3/t20-,24-,25-,26-,27-,28-/m0/s1. The highest BCUT2D eigenvalue weighted by Gasteiger charge is 2.53. The van der Waals surface area contributed by atoms with Gasteiger partial charge in [-0.3, -0.25) is 0 Å². The Bertz CT molecular complexity index is 736. The van der Waals surface area contributed by atoms with Crippen LogP contribution in [0.15, 0.2) is 47.1 Å². The summed E-state index contributed by atoms with van der Waals surface area (Å²) < 4.78 is 0. The second kappa shape index (κ2) is 9.17. The Morgan fingerprint density at radius 1 is 1.17 bits per heavy atom. The van der Waals surface area contributed by atoms with Gasteiger partial charge >= 0.3 is 0 Å². The topological polar surface area (TPSA) is 40.5 Å². The Morgan fingerprint density at radius 3 is 2.60 bits per heavy atom. The van der Waals surface area contributed by atoms with Gasteiger partial charge in [-0.2, -0.15) is 0 Å². The van der Waals surface area contributed by atoms with Crippen molar-refractivity contribution in [2.45, 2.75) is 98.2 Å². The first-order chi connectivity index (χ1) is 14.0. The van der Waals surface area contributed by atoms with Gasteiger partial charge in [0, 0.05) is 0 Å². The first-order valence-corrected chi connectivity index (χ1v) is 12.2. The number of rotatable bonds is 6. The lowest BCUT2D eigenvalue weighted by atomic mass is 9.61. The van der Waals surface area contributed by atoms with E-state index in [-0.39, 0.29) is 11.5 Å². The first kappa shape index (κ1) is 23.5. The van der Waals surface area contributed by atoms with Gasteiger partial charge in [0.25, 0.3) is 0 Å². The first-order valence-electron chi connectivity index (χ1n) is 12.2. The predicted octanol–water partition coefficient (Wildman–Crippen LogP) is 6.76. The summed E-state index contributed by atoms with van der Waals surface area (Å²) in [5.41, 5.74) is 3.56. The number of hydrogen-bond donors (Lipinski definition) is 2. The number of aliphatic hydroxyl groups excluding tert-OH is 1. The molecule has 0 unspecified atom stereocenters. The van der Waals surface area contributed by atoms with Gasteiger partial charge in [-0.05, 0) is 99.0 Å². The molecular weight excluding hydrogens is 368 g/mol. The summed E-state index contributed by atoms with van der Waals surface area (Å²) in [6.07, 6.45) is 18.3. The normalized spacial score (nSPS) is 35.8. The van der Waals surface area contributed by atoms with Crippen molar-refractivity contribution >= 4 is 0 Å². The van der Waals surface area contributed by atoms with Gasteiger partial charge in [-0.1, -0.05) is 63.6 Å². The summed E-state index contributed by atoms with van der Waals surface area (Å²) in [4.78, 5) is 0. The molecular formula is C28H44O2. The molecule has 0 saturated heterocycles. The summed E-state index contributed by atoms with van der Waals surface area (Å²) in [7, 11) is 0. The molecule has 2 nitrogen and oxygen atoms in total. The molecule has 1 saturated carbocycles. The lowest BCUT2D eigenvalue weighted by Gasteiger charge is -2.45. The molecule has 1 fully saturated rings. The lowest BCUT2D eigenvalue weighted by molar-refractivity contribution is -0.0198. The molecule has 0 radical (unpaired) electrons. The van der Waals surface area contributed by atoms with Crippen molar-refractivity contribution in [3.63, 3.8) is 0 Å². The van der Waals surface area contributed by atoms with Gasteiger partial charge in [-0.15, -0.1) is 0 Å². The van der Waals surface area contributed by atoms with E-state index < -0.39 is 5.60 Å². The summed E-state index contributed by atoms with van der Waals surface area (Å²) >= 11 is 0. The Labute approximate surface area is 184 Å². The van der Waals surface area contributed by atoms with Crippen LogP contribution < -0.4 is 0 Å². The molecule has 0 aromatic rings. The van der Waals surface area contributed by atoms with E-state index in [0.717, 1.165) is 44.9 Å². The second-order valence-electron chi connectivity index (χ2n) is 11.2. The van der Waals surface area contributed by atoms with E-state index in [9.17, 15) is 10.2 Å². The molecule has 6 atom stereocenters. The highest BCUT2D eigenvalue weighted by atomic mass is 16.3. The summed E-state index contributed by atoms with van der Waals surface area (Å²) in [6, 6.07) is 0. The largest absolute Gasteiger partial charge is 0.393 e. The van der Waals surface area contributed by atoms with E-state index in [1.165, 1.54) is 16.7 Å². The van der Waals surface area contributed by atoms with Gasteiger partial charge < -0.3 is 10.2 Å². The molecule has 3 aliphatic carbocycles. The maximum atomic E-state index is 11.5. The highest BCUT2D eigenvalue weighted by molar-refractivity contribution is 5.36. The van der Waals surface area contributed by atoms with E-state index in [4.69, 9.17) is 0 Å². The van der Waals surface area contributed by atoms with Crippen molar-refractivity contribution < 1.29 is 10.2 Å². The molecule has 30 heavy (non-hydrogen) atoms. The summed E-state index contributed by atoms with van der Waals surface area (Å²) in [5, 5.41) is 21.5. The van der Waals surface area contributed by atoms with Crippen LogP contribution in [0.1, 0.15) is 86.5 Å². The smallest absolute Gasteiger partial charge is 0.0833 e. The van der Waals surface area contributed by atoms with Crippen LogP contribution >= 0.6 is 0 Å². The van der Waals surface area contributed by atoms with Crippen molar-refractivity contribution in [2.24, 2.45) is 29.1 Å². The minimum absolute atomic E-state index is 0.138. The van der Waals surface area contributed by atoms with Crippen LogP contribution in [0.4, 0.5) is 0 Å². The third-order valence-electron chi connectivity index (χ3n) is 8.63. The zero-order valence-corrected chi connectivity index (χ0v) is 20.1. The van der Waals surface area contributed by atoms with Crippen LogP contribution in [0.5, 0.6) is 0 Å². The van der Waals surface area contributed by atoms with Gasteiger partial charge in [0.05, 0.1) is 11.7 Å². The number of allylic oxidation sites excluding steroid dienone is 6. The summed E-state index contributed by atoms with van der Waals surface area (Å²) in [6.45, 7) is 13.4. The van der Waals surface area contributed by atoms with Crippen LogP contribution in [-0.4, -0.2) is 21.9 Å². The molecule has 0 aromatic heterocycles. The van der Waals surface area contributed by atoms with Crippen LogP contribution in [-0.2, 0) is 0 Å². The minimum Gasteiger partial charge on any atom is -0.393 e. The van der Waals surface area contributed by atoms with E-state index in [2.05, 4.69) is 65.0 Å². The van der Waals surface area contributed by atoms with Crippen molar-refractivity contribution in [1.29, 1.82) is 0 Å². The average molecular weight is 413 g/mol. The van der Waals surface area contributed by atoms with E-state index in [1.807, 2.05) is 6.92 Å². The van der Waals surface area contributed by atoms with Crippen LogP contribution in [0.2, 0.25) is 0 Å². The molecule has 0 spiro atoms. The average Bonchev–Trinajstić information content (AvgIpc) is 3.05. The van der Waals surface area contributed by atoms with Gasteiger partial charge in [-0.25, -0.2) is 0 Å². The van der Waals surface area contributed by atoms with E-state index >= 15 is 0 Å². The Morgan fingerprint density at radius 2 is 1.90 bits per heavy atom. The summed E-state index contributed by atoms with van der Waals surface area (Å²) in [5.74, 6) is 1.88. The zero-order valence-electron chi connectivity index (χ0n) is 20.1. The fourth-order valence-corrected chi connectivity index (χ4v) is 6.13. The van der Waals surface area contributed by atoms with Crippen LogP contribution in [0, 0.1) is 29.1 Å². The third-order valence-corrected chi connectivity index (χ3v) is 8.63. The quantitative estimate of drug-likeness (QED) is 0.473. The SMILES string of the molecule is CC1=C(C=CC2=CCC[C@@]3(C)[C@H]2CC[C@@H]3[C@@](C)(O)C=C[C@H](C)C(C)C)C[C@@H](O)CC1. The molecule has 3 rings (SSSR count). The molecule has 3 aliphatic rings. The van der Waals surface area contributed by atoms with E-state index in [1.54, 1.807) is 0 Å². The maximum absolute atomic E-state index is 11.5. The minimum atomic E-state index is -0.759. The molecule has 0 aliphatic heterocycles. The van der Waals surface area contributed by atoms with E-state index in [0.29, 0.717) is 23.7 Å². The molecule has 0 bridgehead atoms. The fourth-order valence-electron chi connectivity index (χ4n) is 6.13. The Balaban J connectivity index is 1.78. The number of aliphatic hydroxyl groups is 2. The molecule has 0 heterocycles. The van der Waals surface area contributed by atoms with Crippen molar-refractivity contribution in [3.05, 3.63) is 47.1 Å². The maximum Gasteiger partial charge on any atom is 0.0833 e. The van der Waals surface area contributed by atoms with Crippen molar-refractivity contribution in [1.82, 2.24) is 0 Å². The van der Waals surface area contributed by atoms with Crippen molar-refractivity contribution in [3.8, 4) is 0 Å². The third kappa shape index (κ3) is 4.86. The Kier molecular flexibility index (Phi) is 7.19. The highest BCUT2D eigenvalue weighted by Crippen LogP contribution is 2.59. The van der Waals surface area contributed by atoms with Gasteiger partial charge in [0.1, 0.15) is 0 Å². The van der Waals surface area contributed by atoms with Crippen LogP contribution in [0.3, 0.4) is 0 Å². The van der Waals surface area contributed by atoms with Crippen LogP contribution in [0.25, 0.3) is 0 Å². The number of hydrogen-bond acceptors (Lipinski definition) is 2. The second-order valence-corrected chi connectivity index (χ2v) is 11.2. The Hall–Kier alpha value is -1.12. The zero-order chi connectivity index (χ0) is 22.1. The molecule has 0 aromatic carbocycles. The van der Waals surface area contributed by atoms with Gasteiger partial charge in [0.2, 0.25) is 0 Å². The van der Waals surface area contributed by atoms with Gasteiger partial charge in [0.15, 0.2) is 0 Å². The molecule has 0 amide bonds. The molecule has 2 N–H and O–H groups in total. The lowest BCUT2D eigenvalue weighted by Crippen LogP contribution is -2.43. The monoisotopic (exact) mass is 412 g/mol.